The average Bonchev–Trinajstić information content (AvgIpc) is 3.24. The Balaban J connectivity index is 1.77. The van der Waals surface area contributed by atoms with E-state index >= 15 is 0 Å². The molecule has 0 unspecified atom stereocenters. The predicted octanol–water partition coefficient (Wildman–Crippen LogP) is 6.39. The van der Waals surface area contributed by atoms with Crippen LogP contribution in [0.1, 0.15) is 43.1 Å². The maximum absolute atomic E-state index is 14.9. The molecule has 3 aromatic rings. The number of anilines is 1. The van der Waals surface area contributed by atoms with E-state index in [2.05, 4.69) is 10.3 Å². The highest BCUT2D eigenvalue weighted by atomic mass is 32.1. The summed E-state index contributed by atoms with van der Waals surface area (Å²) in [5.41, 5.74) is -0.709. The van der Waals surface area contributed by atoms with Crippen LogP contribution in [0.2, 0.25) is 0 Å². The zero-order chi connectivity index (χ0) is 25.7. The molecule has 0 saturated carbocycles. The van der Waals surface area contributed by atoms with Gasteiger partial charge >= 0.3 is 5.97 Å². The van der Waals surface area contributed by atoms with Gasteiger partial charge in [-0.05, 0) is 49.6 Å². The molecule has 0 aliphatic rings. The van der Waals surface area contributed by atoms with Gasteiger partial charge in [0.1, 0.15) is 11.6 Å². The number of nitrogens with zero attached hydrogens (tertiary/aromatic N) is 1. The van der Waals surface area contributed by atoms with Crippen LogP contribution in [0.4, 0.5) is 18.3 Å². The molecule has 0 spiro atoms. The van der Waals surface area contributed by atoms with E-state index in [9.17, 15) is 22.8 Å². The van der Waals surface area contributed by atoms with Gasteiger partial charge in [-0.2, -0.15) is 0 Å². The Morgan fingerprint density at radius 2 is 1.89 bits per heavy atom. The Hall–Kier alpha value is -3.66. The van der Waals surface area contributed by atoms with Crippen molar-refractivity contribution < 1.29 is 32.6 Å². The first-order valence-electron chi connectivity index (χ1n) is 10.7. The summed E-state index contributed by atoms with van der Waals surface area (Å²) in [6.45, 7) is 5.64. The van der Waals surface area contributed by atoms with E-state index in [0.29, 0.717) is 12.5 Å². The summed E-state index contributed by atoms with van der Waals surface area (Å²) >= 11 is 1.01. The predicted molar refractivity (Wildman–Crippen MR) is 128 cm³/mol. The van der Waals surface area contributed by atoms with Gasteiger partial charge in [0.25, 0.3) is 5.91 Å². The molecule has 10 heteroatoms. The van der Waals surface area contributed by atoms with Crippen molar-refractivity contribution in [2.75, 3.05) is 11.9 Å². The Morgan fingerprint density at radius 3 is 2.51 bits per heavy atom. The van der Waals surface area contributed by atoms with Crippen molar-refractivity contribution in [3.63, 3.8) is 0 Å². The number of rotatable bonds is 9. The molecular weight excluding hydrogens is 481 g/mol. The van der Waals surface area contributed by atoms with E-state index in [0.717, 1.165) is 36.0 Å². The molecule has 0 aliphatic carbocycles. The third-order valence-electron chi connectivity index (χ3n) is 4.96. The summed E-state index contributed by atoms with van der Waals surface area (Å²) in [5, 5.41) is 13.0. The minimum Gasteiger partial charge on any atom is -0.490 e. The van der Waals surface area contributed by atoms with Crippen molar-refractivity contribution in [2.24, 2.45) is 5.92 Å². The molecule has 1 heterocycles. The van der Waals surface area contributed by atoms with Crippen LogP contribution in [-0.4, -0.2) is 28.6 Å². The van der Waals surface area contributed by atoms with Gasteiger partial charge in [0.2, 0.25) is 0 Å². The summed E-state index contributed by atoms with van der Waals surface area (Å²) in [5.74, 6) is -4.41. The number of ether oxygens (including phenoxy) is 1. The number of carboxylic acid groups (broad SMARTS) is 1. The molecule has 0 atom stereocenters. The molecular formula is C25H23F3N2O4S. The van der Waals surface area contributed by atoms with Crippen molar-refractivity contribution in [2.45, 2.75) is 27.2 Å². The van der Waals surface area contributed by atoms with Crippen molar-refractivity contribution in [1.29, 1.82) is 0 Å². The molecule has 35 heavy (non-hydrogen) atoms. The lowest BCUT2D eigenvalue weighted by Gasteiger charge is -2.10. The summed E-state index contributed by atoms with van der Waals surface area (Å²) in [6, 6.07) is 6.28. The van der Waals surface area contributed by atoms with E-state index < -0.39 is 34.9 Å². The second-order valence-corrected chi connectivity index (χ2v) is 8.98. The summed E-state index contributed by atoms with van der Waals surface area (Å²) in [7, 11) is 0. The highest BCUT2D eigenvalue weighted by Crippen LogP contribution is 2.32. The van der Waals surface area contributed by atoms with Gasteiger partial charge in [0.15, 0.2) is 16.7 Å². The first-order valence-corrected chi connectivity index (χ1v) is 11.5. The second kappa shape index (κ2) is 11.2. The van der Waals surface area contributed by atoms with Crippen LogP contribution in [0.25, 0.3) is 17.3 Å². The standard InChI is InChI=1S/C25H23F3N2O4S/c1-13(2)7-8-34-21-6-4-5-16(22(21)28)20-12-35-25(29-20)30-23(31)15-10-18(26)17(19(27)11-15)9-14(3)24(32)33/h4-6,9-13H,7-8H2,1-3H3,(H,32,33)(H,29,30,31). The fourth-order valence-electron chi connectivity index (χ4n) is 2.98. The largest absolute Gasteiger partial charge is 0.490 e. The molecule has 1 amide bonds. The van der Waals surface area contributed by atoms with Gasteiger partial charge in [0.05, 0.1) is 12.3 Å². The quantitative estimate of drug-likeness (QED) is 0.330. The molecule has 3 rings (SSSR count). The van der Waals surface area contributed by atoms with Crippen LogP contribution in [0.15, 0.2) is 41.3 Å². The molecule has 1 aromatic heterocycles. The monoisotopic (exact) mass is 504 g/mol. The summed E-state index contributed by atoms with van der Waals surface area (Å²) in [4.78, 5) is 27.6. The number of amides is 1. The van der Waals surface area contributed by atoms with Crippen LogP contribution in [-0.2, 0) is 4.79 Å². The summed E-state index contributed by atoms with van der Waals surface area (Å²) < 4.78 is 49.1. The van der Waals surface area contributed by atoms with Gasteiger partial charge in [0, 0.05) is 27.6 Å². The zero-order valence-electron chi connectivity index (χ0n) is 19.2. The molecule has 0 saturated heterocycles. The van der Waals surface area contributed by atoms with E-state index in [-0.39, 0.29) is 33.3 Å². The molecule has 2 aromatic carbocycles. The normalized spacial score (nSPS) is 11.6. The van der Waals surface area contributed by atoms with E-state index in [4.69, 9.17) is 9.84 Å². The van der Waals surface area contributed by atoms with Crippen molar-refractivity contribution in [3.05, 3.63) is 69.9 Å². The highest BCUT2D eigenvalue weighted by Gasteiger charge is 2.18. The Bertz CT molecular complexity index is 1260. The fraction of sp³-hybridized carbons (Fsp3) is 0.240. The van der Waals surface area contributed by atoms with Crippen LogP contribution in [0.3, 0.4) is 0 Å². The Kier molecular flexibility index (Phi) is 8.29. The highest BCUT2D eigenvalue weighted by molar-refractivity contribution is 7.14. The van der Waals surface area contributed by atoms with Gasteiger partial charge in [-0.1, -0.05) is 19.9 Å². The van der Waals surface area contributed by atoms with E-state index in [1.165, 1.54) is 24.4 Å². The Labute approximate surface area is 204 Å². The smallest absolute Gasteiger partial charge is 0.331 e. The van der Waals surface area contributed by atoms with Crippen LogP contribution in [0.5, 0.6) is 5.75 Å². The number of nitrogens with one attached hydrogen (secondary N) is 1. The number of halogens is 3. The van der Waals surface area contributed by atoms with E-state index in [1.807, 2.05) is 13.8 Å². The van der Waals surface area contributed by atoms with E-state index in [1.54, 1.807) is 6.07 Å². The fourth-order valence-corrected chi connectivity index (χ4v) is 3.69. The van der Waals surface area contributed by atoms with Gasteiger partial charge < -0.3 is 9.84 Å². The molecule has 2 N–H and O–H groups in total. The first kappa shape index (κ1) is 26.0. The maximum Gasteiger partial charge on any atom is 0.331 e. The van der Waals surface area contributed by atoms with Crippen molar-refractivity contribution in [3.8, 4) is 17.0 Å². The lowest BCUT2D eigenvalue weighted by Crippen LogP contribution is -2.13. The van der Waals surface area contributed by atoms with Gasteiger partial charge in [-0.25, -0.2) is 22.9 Å². The summed E-state index contributed by atoms with van der Waals surface area (Å²) in [6.07, 6.45) is 1.62. The maximum atomic E-state index is 14.9. The van der Waals surface area contributed by atoms with Crippen LogP contribution >= 0.6 is 11.3 Å². The van der Waals surface area contributed by atoms with Crippen molar-refractivity contribution in [1.82, 2.24) is 4.98 Å². The number of carboxylic acids is 1. The van der Waals surface area contributed by atoms with Crippen LogP contribution < -0.4 is 10.1 Å². The minimum atomic E-state index is -1.32. The number of carbonyl (C=O) groups excluding carboxylic acids is 1. The lowest BCUT2D eigenvalue weighted by atomic mass is 10.1. The number of hydrogen-bond acceptors (Lipinski definition) is 5. The number of benzene rings is 2. The Morgan fingerprint density at radius 1 is 1.20 bits per heavy atom. The number of aromatic nitrogens is 1. The van der Waals surface area contributed by atoms with Gasteiger partial charge in [-0.15, -0.1) is 11.3 Å². The number of hydrogen-bond donors (Lipinski definition) is 2. The van der Waals surface area contributed by atoms with Crippen LogP contribution in [0, 0.1) is 23.4 Å². The third kappa shape index (κ3) is 6.48. The SMILES string of the molecule is CC(=Cc1c(F)cc(C(=O)Nc2nc(-c3cccc(OCCC(C)C)c3F)cs2)cc1F)C(=O)O. The van der Waals surface area contributed by atoms with Crippen molar-refractivity contribution >= 4 is 34.4 Å². The molecule has 0 aliphatic heterocycles. The molecule has 6 nitrogen and oxygen atoms in total. The molecule has 0 radical (unpaired) electrons. The second-order valence-electron chi connectivity index (χ2n) is 8.13. The number of aliphatic carboxylic acids is 1. The molecule has 184 valence electrons. The number of carbonyl (C=O) groups is 2. The zero-order valence-corrected chi connectivity index (χ0v) is 20.0. The van der Waals surface area contributed by atoms with Gasteiger partial charge in [-0.3, -0.25) is 10.1 Å². The third-order valence-corrected chi connectivity index (χ3v) is 5.71. The average molecular weight is 505 g/mol. The topological polar surface area (TPSA) is 88.5 Å². The first-order chi connectivity index (χ1) is 16.6. The number of thiazole rings is 1. The molecule has 0 bridgehead atoms. The minimum absolute atomic E-state index is 0.0972. The lowest BCUT2D eigenvalue weighted by molar-refractivity contribution is -0.132. The molecule has 0 fully saturated rings.